The topological polar surface area (TPSA) is 63.2 Å². The maximum absolute atomic E-state index is 11.3. The van der Waals surface area contributed by atoms with Crippen LogP contribution < -0.4 is 0 Å². The summed E-state index contributed by atoms with van der Waals surface area (Å²) in [5, 5.41) is 0. The molecule has 108 valence electrons. The van der Waals surface area contributed by atoms with Crippen molar-refractivity contribution in [1.82, 2.24) is 0 Å². The lowest BCUT2D eigenvalue weighted by molar-refractivity contribution is -0.210. The van der Waals surface area contributed by atoms with Crippen molar-refractivity contribution in [2.24, 2.45) is 0 Å². The van der Waals surface area contributed by atoms with Gasteiger partial charge in [0.1, 0.15) is 18.3 Å². The minimum atomic E-state index is -0.679. The van der Waals surface area contributed by atoms with Crippen molar-refractivity contribution in [2.75, 3.05) is 13.7 Å². The molecule has 0 aromatic rings. The minimum absolute atomic E-state index is 0.295. The van der Waals surface area contributed by atoms with Crippen LogP contribution in [0.2, 0.25) is 0 Å². The molecule has 0 bridgehead atoms. The molecule has 2 aliphatic rings. The Labute approximate surface area is 112 Å². The molecule has 0 aromatic heterocycles. The molecule has 0 spiro atoms. The number of carbonyl (C=O) groups is 1. The van der Waals surface area contributed by atoms with Gasteiger partial charge in [0.05, 0.1) is 6.61 Å². The molecule has 6 nitrogen and oxygen atoms in total. The number of esters is 1. The molecule has 2 aliphatic heterocycles. The smallest absolute Gasteiger partial charge is 0.330 e. The summed E-state index contributed by atoms with van der Waals surface area (Å²) in [6.45, 7) is 5.74. The highest BCUT2D eigenvalue weighted by atomic mass is 16.8. The van der Waals surface area contributed by atoms with Gasteiger partial charge in [-0.15, -0.1) is 0 Å². The van der Waals surface area contributed by atoms with Crippen molar-refractivity contribution in [3.05, 3.63) is 12.2 Å². The van der Waals surface area contributed by atoms with Gasteiger partial charge in [-0.2, -0.15) is 0 Å². The van der Waals surface area contributed by atoms with Crippen molar-refractivity contribution >= 4 is 5.97 Å². The SMILES string of the molecule is CCOC(=O)/C=C/[C@H]1O[C@@H]2OC(C)(C)O[C@@H]2[C@H]1OC. The number of hydrogen-bond acceptors (Lipinski definition) is 6. The van der Waals surface area contributed by atoms with Gasteiger partial charge in [0.15, 0.2) is 12.1 Å². The Hall–Kier alpha value is -0.950. The predicted octanol–water partition coefficient (Wildman–Crippen LogP) is 0.997. The third-order valence-corrected chi connectivity index (χ3v) is 3.01. The first kappa shape index (κ1) is 14.5. The molecule has 4 atom stereocenters. The second kappa shape index (κ2) is 5.58. The average molecular weight is 272 g/mol. The molecule has 19 heavy (non-hydrogen) atoms. The van der Waals surface area contributed by atoms with Crippen LogP contribution in [0.25, 0.3) is 0 Å². The maximum atomic E-state index is 11.3. The van der Waals surface area contributed by atoms with E-state index in [2.05, 4.69) is 0 Å². The average Bonchev–Trinajstić information content (AvgIpc) is 2.77. The van der Waals surface area contributed by atoms with Crippen LogP contribution in [0.5, 0.6) is 0 Å². The molecule has 0 unspecified atom stereocenters. The van der Waals surface area contributed by atoms with E-state index in [9.17, 15) is 4.79 Å². The molecule has 0 saturated carbocycles. The zero-order valence-electron chi connectivity index (χ0n) is 11.6. The summed E-state index contributed by atoms with van der Waals surface area (Å²) in [6, 6.07) is 0. The van der Waals surface area contributed by atoms with Crippen LogP contribution in [0.4, 0.5) is 0 Å². The Bertz CT molecular complexity index is 364. The Morgan fingerprint density at radius 3 is 2.74 bits per heavy atom. The van der Waals surface area contributed by atoms with Gasteiger partial charge in [-0.25, -0.2) is 4.79 Å². The molecule has 0 amide bonds. The molecule has 0 aliphatic carbocycles. The summed E-state index contributed by atoms with van der Waals surface area (Å²) in [4.78, 5) is 11.3. The van der Waals surface area contributed by atoms with E-state index in [1.54, 1.807) is 20.1 Å². The molecule has 2 saturated heterocycles. The first-order chi connectivity index (χ1) is 8.96. The van der Waals surface area contributed by atoms with Gasteiger partial charge in [0.2, 0.25) is 0 Å². The molecule has 2 fully saturated rings. The van der Waals surface area contributed by atoms with E-state index in [1.807, 2.05) is 13.8 Å². The molecule has 2 rings (SSSR count). The van der Waals surface area contributed by atoms with Crippen molar-refractivity contribution in [3.63, 3.8) is 0 Å². The lowest BCUT2D eigenvalue weighted by Crippen LogP contribution is -2.35. The van der Waals surface area contributed by atoms with E-state index in [1.165, 1.54) is 6.08 Å². The lowest BCUT2D eigenvalue weighted by Gasteiger charge is -2.23. The number of methoxy groups -OCH3 is 1. The monoisotopic (exact) mass is 272 g/mol. The van der Waals surface area contributed by atoms with Crippen LogP contribution in [0.15, 0.2) is 12.2 Å². The standard InChI is InChI=1S/C13H20O6/c1-5-16-9(14)7-6-8-10(15-4)11-12(17-8)19-13(2,3)18-11/h6-8,10-12H,5H2,1-4H3/b7-6+/t8-,10+,11-,12-/m1/s1. The van der Waals surface area contributed by atoms with Crippen LogP contribution in [-0.2, 0) is 28.5 Å². The van der Waals surface area contributed by atoms with Crippen molar-refractivity contribution < 1.29 is 28.5 Å². The molecule has 2 heterocycles. The van der Waals surface area contributed by atoms with Crippen LogP contribution in [-0.4, -0.2) is 50.1 Å². The van der Waals surface area contributed by atoms with Gasteiger partial charge in [-0.05, 0) is 26.8 Å². The fourth-order valence-corrected chi connectivity index (χ4v) is 2.29. The van der Waals surface area contributed by atoms with Gasteiger partial charge in [0.25, 0.3) is 0 Å². The van der Waals surface area contributed by atoms with Crippen molar-refractivity contribution in [3.8, 4) is 0 Å². The van der Waals surface area contributed by atoms with E-state index >= 15 is 0 Å². The second-order valence-corrected chi connectivity index (χ2v) is 4.88. The summed E-state index contributed by atoms with van der Waals surface area (Å²) in [5.74, 6) is -1.08. The van der Waals surface area contributed by atoms with E-state index in [0.29, 0.717) is 6.61 Å². The largest absolute Gasteiger partial charge is 0.463 e. The van der Waals surface area contributed by atoms with Crippen LogP contribution >= 0.6 is 0 Å². The Balaban J connectivity index is 2.00. The molecular weight excluding hydrogens is 252 g/mol. The van der Waals surface area contributed by atoms with Gasteiger partial charge >= 0.3 is 5.97 Å². The van der Waals surface area contributed by atoms with Gasteiger partial charge < -0.3 is 23.7 Å². The van der Waals surface area contributed by atoms with E-state index in [4.69, 9.17) is 23.7 Å². The number of hydrogen-bond donors (Lipinski definition) is 0. The maximum Gasteiger partial charge on any atom is 0.330 e. The van der Waals surface area contributed by atoms with E-state index in [0.717, 1.165) is 0 Å². The zero-order valence-corrected chi connectivity index (χ0v) is 11.6. The lowest BCUT2D eigenvalue weighted by atomic mass is 10.1. The fraction of sp³-hybridized carbons (Fsp3) is 0.769. The summed E-state index contributed by atoms with van der Waals surface area (Å²) >= 11 is 0. The summed E-state index contributed by atoms with van der Waals surface area (Å²) in [5.41, 5.74) is 0. The summed E-state index contributed by atoms with van der Waals surface area (Å²) in [7, 11) is 1.58. The van der Waals surface area contributed by atoms with E-state index in [-0.39, 0.29) is 18.3 Å². The van der Waals surface area contributed by atoms with Crippen molar-refractivity contribution in [1.29, 1.82) is 0 Å². The minimum Gasteiger partial charge on any atom is -0.463 e. The third kappa shape index (κ3) is 3.14. The highest BCUT2D eigenvalue weighted by Gasteiger charge is 2.54. The zero-order chi connectivity index (χ0) is 14.0. The predicted molar refractivity (Wildman–Crippen MR) is 65.3 cm³/mol. The highest BCUT2D eigenvalue weighted by molar-refractivity contribution is 5.81. The Morgan fingerprint density at radius 1 is 1.37 bits per heavy atom. The van der Waals surface area contributed by atoms with E-state index < -0.39 is 18.0 Å². The number of ether oxygens (including phenoxy) is 5. The summed E-state index contributed by atoms with van der Waals surface area (Å²) < 4.78 is 27.2. The van der Waals surface area contributed by atoms with Crippen LogP contribution in [0.3, 0.4) is 0 Å². The summed E-state index contributed by atoms with van der Waals surface area (Å²) in [6.07, 6.45) is 1.49. The first-order valence-electron chi connectivity index (χ1n) is 6.35. The third-order valence-electron chi connectivity index (χ3n) is 3.01. The normalized spacial score (nSPS) is 36.6. The highest BCUT2D eigenvalue weighted by Crippen LogP contribution is 2.38. The molecule has 0 aromatic carbocycles. The van der Waals surface area contributed by atoms with Crippen LogP contribution in [0.1, 0.15) is 20.8 Å². The first-order valence-corrected chi connectivity index (χ1v) is 6.35. The van der Waals surface area contributed by atoms with Crippen molar-refractivity contribution in [2.45, 2.75) is 51.2 Å². The molecule has 0 radical (unpaired) electrons. The molecule has 0 N–H and O–H groups in total. The molecular formula is C13H20O6. The number of carbonyl (C=O) groups excluding carboxylic acids is 1. The van der Waals surface area contributed by atoms with Gasteiger partial charge in [0, 0.05) is 13.2 Å². The van der Waals surface area contributed by atoms with Gasteiger partial charge in [-0.1, -0.05) is 0 Å². The molecule has 6 heteroatoms. The number of rotatable bonds is 4. The van der Waals surface area contributed by atoms with Gasteiger partial charge in [-0.3, -0.25) is 0 Å². The second-order valence-electron chi connectivity index (χ2n) is 4.88. The fourth-order valence-electron chi connectivity index (χ4n) is 2.29. The Morgan fingerprint density at radius 2 is 2.11 bits per heavy atom. The Kier molecular flexibility index (Phi) is 4.25. The number of fused-ring (bicyclic) bond motifs is 1. The quantitative estimate of drug-likeness (QED) is 0.562. The van der Waals surface area contributed by atoms with Crippen LogP contribution in [0, 0.1) is 0 Å².